The van der Waals surface area contributed by atoms with E-state index in [1.807, 2.05) is 6.92 Å². The average Bonchev–Trinajstić information content (AvgIpc) is 2.45. The molecular formula is C14H23N3O4S. The van der Waals surface area contributed by atoms with Crippen molar-refractivity contribution in [3.05, 3.63) is 33.4 Å². The van der Waals surface area contributed by atoms with E-state index in [9.17, 15) is 18.5 Å². The lowest BCUT2D eigenvalue weighted by Crippen LogP contribution is -2.40. The largest absolute Gasteiger partial charge is 0.329 e. The molecule has 0 aliphatic heterocycles. The Morgan fingerprint density at radius 3 is 2.41 bits per heavy atom. The number of unbranched alkanes of at least 4 members (excludes halogenated alkanes) is 1. The summed E-state index contributed by atoms with van der Waals surface area (Å²) in [5.74, 6) is 0. The van der Waals surface area contributed by atoms with E-state index in [2.05, 4.69) is 4.72 Å². The lowest BCUT2D eigenvalue weighted by atomic mass is 10.1. The summed E-state index contributed by atoms with van der Waals surface area (Å²) in [6, 6.07) is 2.20. The van der Waals surface area contributed by atoms with Crippen LogP contribution in [0.4, 0.5) is 5.69 Å². The smallest absolute Gasteiger partial charge is 0.289 e. The highest BCUT2D eigenvalue weighted by Crippen LogP contribution is 2.27. The Balaban J connectivity index is 3.21. The van der Waals surface area contributed by atoms with Gasteiger partial charge in [-0.05, 0) is 37.5 Å². The van der Waals surface area contributed by atoms with Gasteiger partial charge in [-0.25, -0.2) is 13.1 Å². The zero-order valence-corrected chi connectivity index (χ0v) is 13.9. The van der Waals surface area contributed by atoms with Crippen LogP contribution >= 0.6 is 0 Å². The van der Waals surface area contributed by atoms with E-state index < -0.39 is 26.7 Å². The molecule has 1 atom stereocenters. The number of rotatable bonds is 8. The predicted octanol–water partition coefficient (Wildman–Crippen LogP) is 2.01. The van der Waals surface area contributed by atoms with Crippen molar-refractivity contribution in [2.45, 2.75) is 51.0 Å². The molecule has 8 heteroatoms. The number of benzene rings is 1. The quantitative estimate of drug-likeness (QED) is 0.559. The van der Waals surface area contributed by atoms with Gasteiger partial charge in [0, 0.05) is 18.7 Å². The third kappa shape index (κ3) is 4.49. The van der Waals surface area contributed by atoms with Gasteiger partial charge in [-0.3, -0.25) is 10.1 Å². The van der Waals surface area contributed by atoms with E-state index in [-0.39, 0.29) is 11.4 Å². The van der Waals surface area contributed by atoms with Crippen molar-refractivity contribution in [1.82, 2.24) is 4.72 Å². The van der Waals surface area contributed by atoms with E-state index in [0.717, 1.165) is 12.8 Å². The Morgan fingerprint density at radius 2 is 1.91 bits per heavy atom. The molecule has 22 heavy (non-hydrogen) atoms. The van der Waals surface area contributed by atoms with Gasteiger partial charge in [0.15, 0.2) is 4.90 Å². The first-order valence-corrected chi connectivity index (χ1v) is 8.69. The molecule has 0 aliphatic rings. The maximum absolute atomic E-state index is 12.5. The van der Waals surface area contributed by atoms with Gasteiger partial charge in [0.05, 0.1) is 4.92 Å². The van der Waals surface area contributed by atoms with Crippen molar-refractivity contribution < 1.29 is 13.3 Å². The van der Waals surface area contributed by atoms with E-state index >= 15 is 0 Å². The summed E-state index contributed by atoms with van der Waals surface area (Å²) in [4.78, 5) is 10.2. The van der Waals surface area contributed by atoms with Crippen LogP contribution in [0.25, 0.3) is 0 Å². The molecule has 1 aromatic carbocycles. The van der Waals surface area contributed by atoms with E-state index in [1.165, 1.54) is 12.1 Å². The van der Waals surface area contributed by atoms with Crippen LogP contribution in [0.15, 0.2) is 17.0 Å². The molecule has 0 bridgehead atoms. The van der Waals surface area contributed by atoms with E-state index in [0.29, 0.717) is 17.5 Å². The molecule has 0 aliphatic carbocycles. The Labute approximate surface area is 131 Å². The summed E-state index contributed by atoms with van der Waals surface area (Å²) in [6.07, 6.45) is 2.35. The monoisotopic (exact) mass is 329 g/mol. The molecule has 1 aromatic rings. The van der Waals surface area contributed by atoms with Crippen LogP contribution in [0.2, 0.25) is 0 Å². The van der Waals surface area contributed by atoms with Crippen molar-refractivity contribution in [1.29, 1.82) is 0 Å². The molecule has 1 unspecified atom stereocenters. The van der Waals surface area contributed by atoms with Crippen molar-refractivity contribution >= 4 is 15.7 Å². The summed E-state index contributed by atoms with van der Waals surface area (Å²) in [7, 11) is -3.99. The normalized spacial score (nSPS) is 13.1. The van der Waals surface area contributed by atoms with Gasteiger partial charge in [-0.2, -0.15) is 0 Å². The minimum Gasteiger partial charge on any atom is -0.329 e. The Kier molecular flexibility index (Phi) is 6.46. The summed E-state index contributed by atoms with van der Waals surface area (Å²) in [5.41, 5.74) is 6.53. The first-order valence-electron chi connectivity index (χ1n) is 7.21. The zero-order chi connectivity index (χ0) is 16.9. The fraction of sp³-hybridized carbons (Fsp3) is 0.571. The summed E-state index contributed by atoms with van der Waals surface area (Å²) in [5, 5.41) is 11.1. The molecule has 3 N–H and O–H groups in total. The molecule has 124 valence electrons. The molecular weight excluding hydrogens is 306 g/mol. The second kappa shape index (κ2) is 7.66. The zero-order valence-electron chi connectivity index (χ0n) is 13.1. The number of nitrogens with two attached hydrogens (primary N) is 1. The second-order valence-electron chi connectivity index (χ2n) is 5.36. The third-order valence-electron chi connectivity index (χ3n) is 3.57. The van der Waals surface area contributed by atoms with Crippen molar-refractivity contribution in [3.63, 3.8) is 0 Å². The van der Waals surface area contributed by atoms with Crippen LogP contribution in [-0.4, -0.2) is 25.9 Å². The predicted molar refractivity (Wildman–Crippen MR) is 85.3 cm³/mol. The molecule has 0 amide bonds. The fourth-order valence-corrected chi connectivity index (χ4v) is 3.61. The molecule has 0 saturated carbocycles. The lowest BCUT2D eigenvalue weighted by Gasteiger charge is -2.17. The number of hydrogen-bond acceptors (Lipinski definition) is 5. The van der Waals surface area contributed by atoms with Crippen LogP contribution in [0, 0.1) is 24.0 Å². The van der Waals surface area contributed by atoms with Crippen LogP contribution in [-0.2, 0) is 10.0 Å². The number of nitrogens with zero attached hydrogens (tertiary/aromatic N) is 1. The number of aryl methyl sites for hydroxylation is 2. The van der Waals surface area contributed by atoms with Gasteiger partial charge >= 0.3 is 0 Å². The van der Waals surface area contributed by atoms with Crippen LogP contribution in [0.3, 0.4) is 0 Å². The van der Waals surface area contributed by atoms with Gasteiger partial charge in [0.2, 0.25) is 10.0 Å². The van der Waals surface area contributed by atoms with Gasteiger partial charge in [0.25, 0.3) is 5.69 Å². The topological polar surface area (TPSA) is 115 Å². The van der Waals surface area contributed by atoms with E-state index in [4.69, 9.17) is 5.73 Å². The minimum atomic E-state index is -3.99. The number of hydrogen-bond donors (Lipinski definition) is 2. The standard InChI is InChI=1S/C14H23N3O4S/c1-4-5-6-12(9-15)16-22(20,21)14-8-11(3)10(2)7-13(14)17(18)19/h7-8,12,16H,4-6,9,15H2,1-3H3. The molecule has 0 fully saturated rings. The summed E-state index contributed by atoms with van der Waals surface area (Å²) < 4.78 is 27.4. The number of sulfonamides is 1. The van der Waals surface area contributed by atoms with Crippen LogP contribution in [0.1, 0.15) is 37.3 Å². The second-order valence-corrected chi connectivity index (χ2v) is 7.04. The van der Waals surface area contributed by atoms with Crippen LogP contribution in [0.5, 0.6) is 0 Å². The van der Waals surface area contributed by atoms with E-state index in [1.54, 1.807) is 13.8 Å². The third-order valence-corrected chi connectivity index (χ3v) is 5.12. The first kappa shape index (κ1) is 18.5. The highest BCUT2D eigenvalue weighted by Gasteiger charge is 2.28. The molecule has 0 saturated heterocycles. The van der Waals surface area contributed by atoms with Gasteiger partial charge in [-0.1, -0.05) is 19.8 Å². The molecule has 1 rings (SSSR count). The maximum Gasteiger partial charge on any atom is 0.289 e. The highest BCUT2D eigenvalue weighted by atomic mass is 32.2. The van der Waals surface area contributed by atoms with Crippen LogP contribution < -0.4 is 10.5 Å². The average molecular weight is 329 g/mol. The summed E-state index contributed by atoms with van der Waals surface area (Å²) >= 11 is 0. The lowest BCUT2D eigenvalue weighted by molar-refractivity contribution is -0.387. The Hall–Kier alpha value is -1.51. The molecule has 0 radical (unpaired) electrons. The Bertz CT molecular complexity index is 644. The molecule has 0 heterocycles. The highest BCUT2D eigenvalue weighted by molar-refractivity contribution is 7.89. The van der Waals surface area contributed by atoms with Gasteiger partial charge in [0.1, 0.15) is 0 Å². The summed E-state index contributed by atoms with van der Waals surface area (Å²) in [6.45, 7) is 5.57. The number of nitro benzene ring substituents is 1. The minimum absolute atomic E-state index is 0.151. The van der Waals surface area contributed by atoms with Gasteiger partial charge < -0.3 is 5.73 Å². The van der Waals surface area contributed by atoms with Gasteiger partial charge in [-0.15, -0.1) is 0 Å². The fourth-order valence-electron chi connectivity index (χ4n) is 2.09. The number of nitrogens with one attached hydrogen (secondary N) is 1. The van der Waals surface area contributed by atoms with Crippen molar-refractivity contribution in [3.8, 4) is 0 Å². The van der Waals surface area contributed by atoms with Crippen molar-refractivity contribution in [2.24, 2.45) is 5.73 Å². The molecule has 0 aromatic heterocycles. The Morgan fingerprint density at radius 1 is 1.32 bits per heavy atom. The molecule has 0 spiro atoms. The SMILES string of the molecule is CCCCC(CN)NS(=O)(=O)c1cc(C)c(C)cc1[N+](=O)[O-]. The van der Waals surface area contributed by atoms with Crippen molar-refractivity contribution in [2.75, 3.05) is 6.54 Å². The maximum atomic E-state index is 12.5. The number of nitro groups is 1. The first-order chi connectivity index (χ1) is 10.2. The molecule has 7 nitrogen and oxygen atoms in total.